The minimum atomic E-state index is -1.36. The zero-order chi connectivity index (χ0) is 13.7. The van der Waals surface area contributed by atoms with Crippen LogP contribution in [0, 0.1) is 0 Å². The van der Waals surface area contributed by atoms with Crippen molar-refractivity contribution in [3.8, 4) is 0 Å². The standard InChI is InChI=1S/C10H17NO7/c1-5(14)11-7-9(16)8(15)6(4-13)18-10(7)17-3-2-12/h2,6-10,13,15-16H,3-4H2,1H3,(H,11,14)/t6-,7-,8-,9-,10+/m1/s1. The van der Waals surface area contributed by atoms with Crippen LogP contribution in [-0.4, -0.2) is 71.4 Å². The van der Waals surface area contributed by atoms with E-state index in [-0.39, 0.29) is 6.61 Å². The minimum Gasteiger partial charge on any atom is -0.394 e. The molecule has 8 heteroatoms. The van der Waals surface area contributed by atoms with Gasteiger partial charge < -0.3 is 34.9 Å². The third-order valence-corrected chi connectivity index (χ3v) is 2.58. The Morgan fingerprint density at radius 1 is 1.44 bits per heavy atom. The molecule has 0 aromatic carbocycles. The van der Waals surface area contributed by atoms with Crippen molar-refractivity contribution in [2.75, 3.05) is 13.2 Å². The summed E-state index contributed by atoms with van der Waals surface area (Å²) in [4.78, 5) is 21.2. The number of aliphatic hydroxyl groups is 3. The predicted octanol–water partition coefficient (Wildman–Crippen LogP) is -2.85. The van der Waals surface area contributed by atoms with Crippen LogP contribution in [0.1, 0.15) is 6.92 Å². The smallest absolute Gasteiger partial charge is 0.217 e. The number of ether oxygens (including phenoxy) is 2. The lowest BCUT2D eigenvalue weighted by Crippen LogP contribution is -2.64. The van der Waals surface area contributed by atoms with Gasteiger partial charge in [0.2, 0.25) is 5.91 Å². The molecule has 1 heterocycles. The molecule has 1 saturated heterocycles. The number of aliphatic hydroxyl groups excluding tert-OH is 3. The first-order valence-electron chi connectivity index (χ1n) is 5.46. The summed E-state index contributed by atoms with van der Waals surface area (Å²) < 4.78 is 10.2. The third-order valence-electron chi connectivity index (χ3n) is 2.58. The maximum absolute atomic E-state index is 11.0. The highest BCUT2D eigenvalue weighted by molar-refractivity contribution is 5.73. The molecular formula is C10H17NO7. The summed E-state index contributed by atoms with van der Waals surface area (Å²) >= 11 is 0. The van der Waals surface area contributed by atoms with Gasteiger partial charge in [-0.05, 0) is 0 Å². The average Bonchev–Trinajstić information content (AvgIpc) is 2.33. The molecule has 18 heavy (non-hydrogen) atoms. The summed E-state index contributed by atoms with van der Waals surface area (Å²) in [5, 5.41) is 30.8. The fourth-order valence-electron chi connectivity index (χ4n) is 1.75. The van der Waals surface area contributed by atoms with Crippen molar-refractivity contribution < 1.29 is 34.4 Å². The summed E-state index contributed by atoms with van der Waals surface area (Å²) in [6, 6.07) is -1.01. The Kier molecular flexibility index (Phi) is 5.63. The van der Waals surface area contributed by atoms with Crippen molar-refractivity contribution in [2.45, 2.75) is 37.6 Å². The average molecular weight is 263 g/mol. The van der Waals surface area contributed by atoms with Gasteiger partial charge in [0.15, 0.2) is 6.29 Å². The van der Waals surface area contributed by atoms with Crippen molar-refractivity contribution in [1.29, 1.82) is 0 Å². The van der Waals surface area contributed by atoms with E-state index in [9.17, 15) is 19.8 Å². The number of carbonyl (C=O) groups excluding carboxylic acids is 2. The molecule has 1 amide bonds. The summed E-state index contributed by atoms with van der Waals surface area (Å²) in [6.07, 6.45) is -4.39. The van der Waals surface area contributed by atoms with E-state index >= 15 is 0 Å². The van der Waals surface area contributed by atoms with E-state index in [1.165, 1.54) is 6.92 Å². The van der Waals surface area contributed by atoms with Gasteiger partial charge >= 0.3 is 0 Å². The Bertz CT molecular complexity index is 298. The van der Waals surface area contributed by atoms with Gasteiger partial charge in [-0.1, -0.05) is 0 Å². The van der Waals surface area contributed by atoms with Crippen LogP contribution in [-0.2, 0) is 19.1 Å². The minimum absolute atomic E-state index is 0.290. The molecule has 0 aliphatic carbocycles. The largest absolute Gasteiger partial charge is 0.394 e. The summed E-state index contributed by atoms with van der Waals surface area (Å²) in [7, 11) is 0. The van der Waals surface area contributed by atoms with E-state index in [1.807, 2.05) is 0 Å². The van der Waals surface area contributed by atoms with Crippen molar-refractivity contribution in [1.82, 2.24) is 5.32 Å². The Hall–Kier alpha value is -1.06. The van der Waals surface area contributed by atoms with Gasteiger partial charge in [-0.2, -0.15) is 0 Å². The number of nitrogens with one attached hydrogen (secondary N) is 1. The van der Waals surface area contributed by atoms with Crippen LogP contribution in [0.2, 0.25) is 0 Å². The summed E-state index contributed by atoms with van der Waals surface area (Å²) in [5.74, 6) is -0.447. The number of rotatable bonds is 5. The first kappa shape index (κ1) is 15.0. The van der Waals surface area contributed by atoms with E-state index in [0.29, 0.717) is 6.29 Å². The summed E-state index contributed by atoms with van der Waals surface area (Å²) in [5.41, 5.74) is 0. The lowest BCUT2D eigenvalue weighted by Gasteiger charge is -2.41. The molecule has 0 bridgehead atoms. The number of hydrogen-bond acceptors (Lipinski definition) is 7. The van der Waals surface area contributed by atoms with E-state index < -0.39 is 43.2 Å². The molecule has 1 rings (SSSR count). The van der Waals surface area contributed by atoms with Gasteiger partial charge in [-0.25, -0.2) is 0 Å². The molecule has 4 N–H and O–H groups in total. The van der Waals surface area contributed by atoms with E-state index in [4.69, 9.17) is 14.6 Å². The second-order valence-electron chi connectivity index (χ2n) is 3.93. The number of aldehydes is 1. The van der Waals surface area contributed by atoms with Gasteiger partial charge in [0.05, 0.1) is 6.61 Å². The Morgan fingerprint density at radius 3 is 2.61 bits per heavy atom. The maximum Gasteiger partial charge on any atom is 0.217 e. The zero-order valence-electron chi connectivity index (χ0n) is 9.85. The molecule has 1 aliphatic heterocycles. The van der Waals surface area contributed by atoms with Crippen LogP contribution in [0.5, 0.6) is 0 Å². The fourth-order valence-corrected chi connectivity index (χ4v) is 1.75. The molecule has 8 nitrogen and oxygen atoms in total. The van der Waals surface area contributed by atoms with Crippen molar-refractivity contribution in [2.24, 2.45) is 0 Å². The van der Waals surface area contributed by atoms with Crippen molar-refractivity contribution in [3.63, 3.8) is 0 Å². The molecular weight excluding hydrogens is 246 g/mol. The van der Waals surface area contributed by atoms with Crippen LogP contribution in [0.4, 0.5) is 0 Å². The van der Waals surface area contributed by atoms with Crippen LogP contribution >= 0.6 is 0 Å². The maximum atomic E-state index is 11.0. The van der Waals surface area contributed by atoms with E-state index in [0.717, 1.165) is 0 Å². The Labute approximate surface area is 104 Å². The first-order valence-corrected chi connectivity index (χ1v) is 5.46. The van der Waals surface area contributed by atoms with Gasteiger partial charge in [0, 0.05) is 6.92 Å². The van der Waals surface area contributed by atoms with Gasteiger partial charge in [-0.15, -0.1) is 0 Å². The van der Waals surface area contributed by atoms with Crippen LogP contribution in [0.25, 0.3) is 0 Å². The molecule has 0 radical (unpaired) electrons. The second-order valence-corrected chi connectivity index (χ2v) is 3.93. The Morgan fingerprint density at radius 2 is 2.11 bits per heavy atom. The van der Waals surface area contributed by atoms with Gasteiger partial charge in [0.25, 0.3) is 0 Å². The molecule has 5 atom stereocenters. The third kappa shape index (κ3) is 3.47. The highest BCUT2D eigenvalue weighted by Gasteiger charge is 2.45. The molecule has 0 aromatic heterocycles. The molecule has 0 unspecified atom stereocenters. The number of carbonyl (C=O) groups is 2. The molecule has 0 saturated carbocycles. The molecule has 1 fully saturated rings. The Balaban J connectivity index is 2.79. The molecule has 1 aliphatic rings. The fraction of sp³-hybridized carbons (Fsp3) is 0.800. The normalized spacial score (nSPS) is 36.1. The lowest BCUT2D eigenvalue weighted by atomic mass is 9.97. The lowest BCUT2D eigenvalue weighted by molar-refractivity contribution is -0.267. The first-order chi connectivity index (χ1) is 8.51. The molecule has 0 spiro atoms. The molecule has 104 valence electrons. The van der Waals surface area contributed by atoms with Crippen LogP contribution < -0.4 is 5.32 Å². The molecule has 0 aromatic rings. The van der Waals surface area contributed by atoms with Crippen LogP contribution in [0.3, 0.4) is 0 Å². The quantitative estimate of drug-likeness (QED) is 0.393. The van der Waals surface area contributed by atoms with Gasteiger partial charge in [-0.3, -0.25) is 4.79 Å². The van der Waals surface area contributed by atoms with Gasteiger partial charge in [0.1, 0.15) is 37.2 Å². The summed E-state index contributed by atoms with van der Waals surface area (Å²) in [6.45, 7) is 0.418. The topological polar surface area (TPSA) is 125 Å². The van der Waals surface area contributed by atoms with Crippen LogP contribution in [0.15, 0.2) is 0 Å². The number of amides is 1. The monoisotopic (exact) mass is 263 g/mol. The van der Waals surface area contributed by atoms with E-state index in [1.54, 1.807) is 0 Å². The SMILES string of the molecule is CC(=O)N[C@H]1[C@@H](OCC=O)O[C@H](CO)[C@@H](O)[C@@H]1O. The zero-order valence-corrected chi connectivity index (χ0v) is 9.85. The predicted molar refractivity (Wildman–Crippen MR) is 57.4 cm³/mol. The number of hydrogen-bond donors (Lipinski definition) is 4. The van der Waals surface area contributed by atoms with Crippen molar-refractivity contribution in [3.05, 3.63) is 0 Å². The second kappa shape index (κ2) is 6.76. The van der Waals surface area contributed by atoms with Crippen molar-refractivity contribution >= 4 is 12.2 Å². The van der Waals surface area contributed by atoms with E-state index in [2.05, 4.69) is 5.32 Å². The highest BCUT2D eigenvalue weighted by Crippen LogP contribution is 2.21. The highest BCUT2D eigenvalue weighted by atomic mass is 16.7.